The van der Waals surface area contributed by atoms with E-state index >= 15 is 0 Å². The molecule has 4 aromatic rings. The lowest BCUT2D eigenvalue weighted by atomic mass is 10.00. The first-order valence-electron chi connectivity index (χ1n) is 23.5. The molecule has 0 radical (unpaired) electrons. The minimum absolute atomic E-state index is 0.0328. The predicted octanol–water partition coefficient (Wildman–Crippen LogP) is -3.38. The molecule has 1 aromatic carbocycles. The maximum absolute atomic E-state index is 14.6. The van der Waals surface area contributed by atoms with Crippen molar-refractivity contribution in [3.05, 3.63) is 72.5 Å². The zero-order valence-electron chi connectivity index (χ0n) is 41.2. The number of aliphatic hydroxyl groups is 2. The fourth-order valence-electron chi connectivity index (χ4n) is 7.42. The third kappa shape index (κ3) is 17.6. The second-order valence-corrected chi connectivity index (χ2v) is 18.8. The van der Waals surface area contributed by atoms with Crippen molar-refractivity contribution in [3.8, 4) is 0 Å². The number of aliphatic hydroxyl groups excluding tert-OH is 2. The van der Waals surface area contributed by atoms with Gasteiger partial charge in [-0.1, -0.05) is 32.0 Å². The summed E-state index contributed by atoms with van der Waals surface area (Å²) < 4.78 is 0. The summed E-state index contributed by atoms with van der Waals surface area (Å²) >= 11 is 7.94. The van der Waals surface area contributed by atoms with Crippen LogP contribution in [-0.4, -0.2) is 172 Å². The van der Waals surface area contributed by atoms with Gasteiger partial charge in [0.2, 0.25) is 47.3 Å². The van der Waals surface area contributed by atoms with Crippen molar-refractivity contribution in [2.75, 3.05) is 11.5 Å². The van der Waals surface area contributed by atoms with Gasteiger partial charge in [-0.15, -0.1) is 0 Å². The normalized spacial score (nSPS) is 15.8. The Labute approximate surface area is 436 Å². The molecule has 0 unspecified atom stereocenters. The Morgan fingerprint density at radius 1 is 0.568 bits per heavy atom. The molecule has 4 rings (SSSR count). The lowest BCUT2D eigenvalue weighted by Gasteiger charge is -2.28. The highest BCUT2D eigenvalue weighted by atomic mass is 32.1. The van der Waals surface area contributed by atoms with Crippen LogP contribution in [0.3, 0.4) is 0 Å². The van der Waals surface area contributed by atoms with E-state index in [1.54, 1.807) is 44.3 Å². The van der Waals surface area contributed by atoms with Crippen LogP contribution in [0.5, 0.6) is 0 Å². The van der Waals surface area contributed by atoms with Crippen molar-refractivity contribution in [1.29, 1.82) is 0 Å². The molecular formula is C46H66N14O12S2. The predicted molar refractivity (Wildman–Crippen MR) is 274 cm³/mol. The summed E-state index contributed by atoms with van der Waals surface area (Å²) in [4.78, 5) is 138. The van der Waals surface area contributed by atoms with Gasteiger partial charge in [0.1, 0.15) is 48.3 Å². The molecule has 3 aromatic heterocycles. The lowest BCUT2D eigenvalue weighted by Crippen LogP contribution is -2.62. The average molecular weight is 1070 g/mol. The minimum atomic E-state index is -1.69. The first-order valence-corrected chi connectivity index (χ1v) is 24.8. The second kappa shape index (κ2) is 28.4. The molecule has 74 heavy (non-hydrogen) atoms. The number of para-hydroxylation sites is 1. The number of carboxylic acid groups (broad SMARTS) is 1. The second-order valence-electron chi connectivity index (χ2n) is 18.1. The number of aromatic nitrogens is 5. The van der Waals surface area contributed by atoms with E-state index in [1.165, 1.54) is 45.8 Å². The molecule has 0 aliphatic rings. The number of hydrogen-bond acceptors (Lipinski definition) is 16. The number of H-pyrrole nitrogens is 3. The van der Waals surface area contributed by atoms with Gasteiger partial charge >= 0.3 is 5.97 Å². The average Bonchev–Trinajstić information content (AvgIpc) is 4.16. The Morgan fingerprint density at radius 3 is 1.51 bits per heavy atom. The molecule has 0 aliphatic heterocycles. The van der Waals surface area contributed by atoms with Crippen molar-refractivity contribution in [2.45, 2.75) is 127 Å². The molecule has 0 saturated carbocycles. The van der Waals surface area contributed by atoms with Crippen LogP contribution in [0.2, 0.25) is 0 Å². The Balaban J connectivity index is 1.59. The van der Waals surface area contributed by atoms with Crippen LogP contribution in [0.25, 0.3) is 10.9 Å². The number of nitrogens with two attached hydrogens (primary N) is 1. The maximum Gasteiger partial charge on any atom is 0.327 e. The van der Waals surface area contributed by atoms with Gasteiger partial charge in [0.05, 0.1) is 30.9 Å². The van der Waals surface area contributed by atoms with Gasteiger partial charge in [-0.25, -0.2) is 14.8 Å². The number of carboxylic acids is 1. The zero-order chi connectivity index (χ0) is 54.8. The van der Waals surface area contributed by atoms with E-state index in [-0.39, 0.29) is 43.1 Å². The summed E-state index contributed by atoms with van der Waals surface area (Å²) in [6.07, 6.45) is 3.59. The SMILES string of the molecule is CC(C)C[C@H](NC(=O)[C@H](C)NC(=O)[C@H](Cc1cnc[nH]1)NC(=O)[C@@H](NC(=O)[C@@H](N)CS)[C@@H](C)O)C(=O)N[C@@H](Cc1c[nH]c2ccccc12)C(=O)N[C@@H](Cc1cnc[nH]1)C(=O)N[C@H](C(=O)N[C@@H](CS)C(=O)O)[C@@H](C)O. The number of thiol groups is 2. The quantitative estimate of drug-likeness (QED) is 0.0236. The zero-order valence-corrected chi connectivity index (χ0v) is 43.0. The number of nitrogens with one attached hydrogen (secondary N) is 11. The highest BCUT2D eigenvalue weighted by molar-refractivity contribution is 7.80. The molecule has 0 spiro atoms. The number of aromatic amines is 3. The molecule has 0 aliphatic carbocycles. The molecule has 3 heterocycles. The topological polar surface area (TPSA) is 410 Å². The molecule has 8 amide bonds. The van der Waals surface area contributed by atoms with Crippen molar-refractivity contribution in [3.63, 3.8) is 0 Å². The van der Waals surface area contributed by atoms with Gasteiger partial charge in [-0.2, -0.15) is 25.3 Å². The molecule has 404 valence electrons. The first-order chi connectivity index (χ1) is 35.0. The first kappa shape index (κ1) is 59.6. The van der Waals surface area contributed by atoms with E-state index in [4.69, 9.17) is 5.73 Å². The summed E-state index contributed by atoms with van der Waals surface area (Å²) in [6.45, 7) is 7.34. The molecule has 0 fully saturated rings. The van der Waals surface area contributed by atoms with Crippen molar-refractivity contribution in [2.24, 2.45) is 11.7 Å². The van der Waals surface area contributed by atoms with Crippen LogP contribution in [0.15, 0.2) is 55.5 Å². The van der Waals surface area contributed by atoms with Crippen LogP contribution in [-0.2, 0) is 62.4 Å². The number of carbonyl (C=O) groups excluding carboxylic acids is 8. The standard InChI is InChI=1S/C46H66N14O12S2/c1-21(2)10-31(54-38(63)22(3)53-40(65)33(12-26-15-48-19-51-26)57-44(69)36(23(4)61)59-39(64)29(47)17-73)41(66)55-32(11-25-14-50-30-9-7-6-8-28(25)30)42(67)56-34(13-27-16-49-20-52-27)43(68)60-37(24(5)62)45(70)58-35(18-74)46(71)72/h6-9,14-16,19-24,29,31-37,50,61-62,73-74H,10-13,17-18,47H2,1-5H3,(H,48,51)(H,49,52)(H,53,65)(H,54,63)(H,55,66)(H,56,67)(H,57,69)(H,58,70)(H,59,64)(H,60,68)(H,71,72)/t22-,23+,24+,29-,31-,32-,33-,34-,35-,36-,37-/m0/s1. The fourth-order valence-corrected chi connectivity index (χ4v) is 7.83. The van der Waals surface area contributed by atoms with Crippen molar-refractivity contribution in [1.82, 2.24) is 67.5 Å². The van der Waals surface area contributed by atoms with Crippen molar-refractivity contribution < 1.29 is 58.5 Å². The number of rotatable bonds is 29. The molecule has 26 nitrogen and oxygen atoms in total. The van der Waals surface area contributed by atoms with Gasteiger partial charge in [0.15, 0.2) is 0 Å². The van der Waals surface area contributed by atoms with E-state index in [9.17, 15) is 58.5 Å². The minimum Gasteiger partial charge on any atom is -0.480 e. The molecular weight excluding hydrogens is 1000 g/mol. The molecule has 28 heteroatoms. The van der Waals surface area contributed by atoms with Crippen LogP contribution < -0.4 is 48.3 Å². The number of imidazole rings is 2. The molecule has 11 atom stereocenters. The number of hydrogen-bond donors (Lipinski definition) is 17. The number of fused-ring (bicyclic) bond motifs is 1. The highest BCUT2D eigenvalue weighted by Gasteiger charge is 2.36. The van der Waals surface area contributed by atoms with Crippen molar-refractivity contribution >= 4 is 89.4 Å². The third-order valence-corrected chi connectivity index (χ3v) is 12.3. The fraction of sp³-hybridized carbons (Fsp3) is 0.500. The molecule has 0 bridgehead atoms. The summed E-state index contributed by atoms with van der Waals surface area (Å²) in [7, 11) is 0. The van der Waals surface area contributed by atoms with Gasteiger partial charge in [0.25, 0.3) is 0 Å². The Kier molecular flexibility index (Phi) is 22.9. The van der Waals surface area contributed by atoms with Crippen LogP contribution >= 0.6 is 25.3 Å². The summed E-state index contributed by atoms with van der Waals surface area (Å²) in [6, 6.07) is -5.63. The number of nitrogens with zero attached hydrogens (tertiary/aromatic N) is 2. The smallest absolute Gasteiger partial charge is 0.327 e. The summed E-state index contributed by atoms with van der Waals surface area (Å²) in [5.41, 5.74) is 7.80. The largest absolute Gasteiger partial charge is 0.480 e. The molecule has 16 N–H and O–H groups in total. The van der Waals surface area contributed by atoms with E-state index in [0.717, 1.165) is 0 Å². The summed E-state index contributed by atoms with van der Waals surface area (Å²) in [5.74, 6) is -9.16. The third-order valence-electron chi connectivity index (χ3n) is 11.5. The number of amides is 8. The highest BCUT2D eigenvalue weighted by Crippen LogP contribution is 2.20. The van der Waals surface area contributed by atoms with E-state index in [0.29, 0.717) is 27.9 Å². The van der Waals surface area contributed by atoms with Gasteiger partial charge < -0.3 is 78.5 Å². The van der Waals surface area contributed by atoms with E-state index in [2.05, 4.69) is 92.7 Å². The Hall–Kier alpha value is -7.01. The van der Waals surface area contributed by atoms with Crippen LogP contribution in [0.1, 0.15) is 58.0 Å². The van der Waals surface area contributed by atoms with E-state index in [1.807, 2.05) is 0 Å². The Bertz CT molecular complexity index is 2540. The van der Waals surface area contributed by atoms with Gasteiger partial charge in [-0.05, 0) is 44.7 Å². The summed E-state index contributed by atoms with van der Waals surface area (Å²) in [5, 5.41) is 51.1. The maximum atomic E-state index is 14.6. The van der Waals surface area contributed by atoms with Gasteiger partial charge in [-0.3, -0.25) is 38.4 Å². The number of carbonyl (C=O) groups is 9. The lowest BCUT2D eigenvalue weighted by molar-refractivity contribution is -0.142. The molecule has 0 saturated heterocycles. The van der Waals surface area contributed by atoms with Crippen LogP contribution in [0, 0.1) is 5.92 Å². The number of aliphatic carboxylic acids is 1. The number of benzene rings is 1. The van der Waals surface area contributed by atoms with Crippen LogP contribution in [0.4, 0.5) is 0 Å². The van der Waals surface area contributed by atoms with E-state index < -0.39 is 120 Å². The Morgan fingerprint density at radius 2 is 1.03 bits per heavy atom. The monoisotopic (exact) mass is 1070 g/mol. The van der Waals surface area contributed by atoms with Gasteiger partial charge in [0, 0.05) is 71.6 Å².